The smallest absolute Gasteiger partial charge is 0.252 e. The summed E-state index contributed by atoms with van der Waals surface area (Å²) in [5.41, 5.74) is 7.45. The van der Waals surface area contributed by atoms with Gasteiger partial charge in [-0.25, -0.2) is 18.9 Å². The molecule has 0 saturated carbocycles. The quantitative estimate of drug-likeness (QED) is 0.363. The molecule has 0 aliphatic rings. The third kappa shape index (κ3) is 4.32. The summed E-state index contributed by atoms with van der Waals surface area (Å²) in [6.07, 6.45) is 2.32. The lowest BCUT2D eigenvalue weighted by atomic mass is 10.1. The average Bonchev–Trinajstić information content (AvgIpc) is 3.54. The van der Waals surface area contributed by atoms with E-state index in [0.717, 1.165) is 45.3 Å². The SMILES string of the molecule is Cc1nc2ncnn2c(C)c1CCC(=O)Nc1nc(-c2cc(C)n(-c3ccc(F)cc3)c2C)cs1. The van der Waals surface area contributed by atoms with Crippen LogP contribution in [0.3, 0.4) is 0 Å². The second kappa shape index (κ2) is 9.03. The molecule has 0 atom stereocenters. The monoisotopic (exact) mass is 489 g/mol. The fourth-order valence-corrected chi connectivity index (χ4v) is 5.13. The minimum atomic E-state index is -0.267. The number of thiazole rings is 1. The molecule has 0 saturated heterocycles. The molecule has 5 rings (SSSR count). The van der Waals surface area contributed by atoms with E-state index in [1.165, 1.54) is 29.8 Å². The zero-order valence-electron chi connectivity index (χ0n) is 19.8. The highest BCUT2D eigenvalue weighted by atomic mass is 32.1. The van der Waals surface area contributed by atoms with E-state index in [4.69, 9.17) is 0 Å². The summed E-state index contributed by atoms with van der Waals surface area (Å²) >= 11 is 1.39. The van der Waals surface area contributed by atoms with Crippen molar-refractivity contribution in [2.45, 2.75) is 40.5 Å². The standard InChI is InChI=1S/C25H24FN7OS/c1-14-11-21(16(3)32(14)19-7-5-18(26)6-8-19)22-12-35-25(30-22)31-23(34)10-9-20-15(2)29-24-27-13-28-33(24)17(20)4/h5-8,11-13H,9-10H2,1-4H3,(H,30,31,34). The molecule has 0 spiro atoms. The van der Waals surface area contributed by atoms with Crippen LogP contribution in [0.1, 0.15) is 34.8 Å². The van der Waals surface area contributed by atoms with Gasteiger partial charge in [0.2, 0.25) is 5.91 Å². The maximum Gasteiger partial charge on any atom is 0.252 e. The number of aromatic nitrogens is 6. The van der Waals surface area contributed by atoms with Crippen molar-refractivity contribution >= 4 is 28.2 Å². The number of nitrogens with one attached hydrogen (secondary N) is 1. The van der Waals surface area contributed by atoms with Crippen LogP contribution in [0.15, 0.2) is 42.0 Å². The number of carbonyl (C=O) groups excluding carboxylic acids is 1. The van der Waals surface area contributed by atoms with Crippen molar-refractivity contribution < 1.29 is 9.18 Å². The molecule has 10 heteroatoms. The van der Waals surface area contributed by atoms with Gasteiger partial charge >= 0.3 is 0 Å². The highest BCUT2D eigenvalue weighted by molar-refractivity contribution is 7.14. The van der Waals surface area contributed by atoms with E-state index in [-0.39, 0.29) is 11.7 Å². The number of nitrogens with zero attached hydrogens (tertiary/aromatic N) is 6. The van der Waals surface area contributed by atoms with Crippen molar-refractivity contribution in [3.63, 3.8) is 0 Å². The van der Waals surface area contributed by atoms with Gasteiger partial charge in [0.1, 0.15) is 12.1 Å². The lowest BCUT2D eigenvalue weighted by Crippen LogP contribution is -2.14. The Morgan fingerprint density at radius 1 is 1.09 bits per heavy atom. The van der Waals surface area contributed by atoms with E-state index in [1.54, 1.807) is 16.6 Å². The Morgan fingerprint density at radius 3 is 2.63 bits per heavy atom. The lowest BCUT2D eigenvalue weighted by Gasteiger charge is -2.10. The van der Waals surface area contributed by atoms with E-state index in [1.807, 2.05) is 33.1 Å². The molecule has 4 heterocycles. The van der Waals surface area contributed by atoms with Crippen LogP contribution in [0.25, 0.3) is 22.7 Å². The number of carbonyl (C=O) groups is 1. The topological polar surface area (TPSA) is 90.0 Å². The molecule has 1 aromatic carbocycles. The third-order valence-corrected chi connectivity index (χ3v) is 6.89. The molecular weight excluding hydrogens is 465 g/mol. The van der Waals surface area contributed by atoms with Crippen LogP contribution in [-0.2, 0) is 11.2 Å². The van der Waals surface area contributed by atoms with Crippen molar-refractivity contribution in [2.24, 2.45) is 0 Å². The van der Waals surface area contributed by atoms with Crippen LogP contribution in [0.5, 0.6) is 0 Å². The molecule has 178 valence electrons. The molecule has 0 aliphatic heterocycles. The van der Waals surface area contributed by atoms with Gasteiger partial charge in [-0.1, -0.05) is 0 Å². The van der Waals surface area contributed by atoms with Crippen molar-refractivity contribution in [1.82, 2.24) is 29.1 Å². The van der Waals surface area contributed by atoms with Crippen molar-refractivity contribution in [3.05, 3.63) is 76.2 Å². The molecule has 0 fully saturated rings. The van der Waals surface area contributed by atoms with Crippen LogP contribution < -0.4 is 5.32 Å². The second-order valence-electron chi connectivity index (χ2n) is 8.42. The normalized spacial score (nSPS) is 11.3. The average molecular weight is 490 g/mol. The molecule has 4 aromatic heterocycles. The number of hydrogen-bond donors (Lipinski definition) is 1. The summed E-state index contributed by atoms with van der Waals surface area (Å²) in [6, 6.07) is 8.47. The maximum atomic E-state index is 13.4. The summed E-state index contributed by atoms with van der Waals surface area (Å²) in [5, 5.41) is 9.60. The highest BCUT2D eigenvalue weighted by Crippen LogP contribution is 2.32. The first-order valence-electron chi connectivity index (χ1n) is 11.2. The molecule has 0 bridgehead atoms. The molecule has 1 N–H and O–H groups in total. The van der Waals surface area contributed by atoms with Gasteiger partial charge in [-0.3, -0.25) is 4.79 Å². The Labute approximate surface area is 205 Å². The summed E-state index contributed by atoms with van der Waals surface area (Å²) in [7, 11) is 0. The van der Waals surface area contributed by atoms with Crippen LogP contribution >= 0.6 is 11.3 Å². The maximum absolute atomic E-state index is 13.4. The van der Waals surface area contributed by atoms with Gasteiger partial charge in [-0.15, -0.1) is 11.3 Å². The molecule has 0 unspecified atom stereocenters. The van der Waals surface area contributed by atoms with Gasteiger partial charge in [-0.2, -0.15) is 10.1 Å². The number of anilines is 1. The number of rotatable bonds is 6. The summed E-state index contributed by atoms with van der Waals surface area (Å²) < 4.78 is 17.1. The zero-order chi connectivity index (χ0) is 24.7. The second-order valence-corrected chi connectivity index (χ2v) is 9.27. The van der Waals surface area contributed by atoms with Crippen molar-refractivity contribution in [1.29, 1.82) is 0 Å². The molecule has 1 amide bonds. The van der Waals surface area contributed by atoms with Crippen LogP contribution in [0.2, 0.25) is 0 Å². The van der Waals surface area contributed by atoms with Gasteiger partial charge in [0, 0.05) is 45.8 Å². The number of hydrogen-bond acceptors (Lipinski definition) is 6. The van der Waals surface area contributed by atoms with Gasteiger partial charge in [-0.05, 0) is 70.0 Å². The fourth-order valence-electron chi connectivity index (χ4n) is 4.40. The fraction of sp³-hybridized carbons (Fsp3) is 0.240. The van der Waals surface area contributed by atoms with Gasteiger partial charge in [0.25, 0.3) is 5.78 Å². The predicted octanol–water partition coefficient (Wildman–Crippen LogP) is 4.98. The Kier molecular flexibility index (Phi) is 5.89. The van der Waals surface area contributed by atoms with Crippen molar-refractivity contribution in [2.75, 3.05) is 5.32 Å². The summed E-state index contributed by atoms with van der Waals surface area (Å²) in [4.78, 5) is 25.9. The molecule has 5 aromatic rings. The Hall–Kier alpha value is -3.92. The van der Waals surface area contributed by atoms with E-state index < -0.39 is 0 Å². The summed E-state index contributed by atoms with van der Waals surface area (Å²) in [5.74, 6) is 0.180. The zero-order valence-corrected chi connectivity index (χ0v) is 20.6. The Balaban J connectivity index is 1.30. The van der Waals surface area contributed by atoms with Gasteiger partial charge in [0.05, 0.1) is 5.69 Å². The predicted molar refractivity (Wildman–Crippen MR) is 134 cm³/mol. The molecule has 0 radical (unpaired) electrons. The molecular formula is C25H24FN7OS. The Morgan fingerprint density at radius 2 is 1.86 bits per heavy atom. The molecule has 0 aliphatic carbocycles. The minimum Gasteiger partial charge on any atom is -0.318 e. The number of fused-ring (bicyclic) bond motifs is 1. The number of benzene rings is 1. The van der Waals surface area contributed by atoms with Gasteiger partial charge in [0.15, 0.2) is 5.13 Å². The van der Waals surface area contributed by atoms with E-state index in [0.29, 0.717) is 23.8 Å². The number of aryl methyl sites for hydroxylation is 3. The largest absolute Gasteiger partial charge is 0.318 e. The minimum absolute atomic E-state index is 0.111. The van der Waals surface area contributed by atoms with Crippen LogP contribution in [-0.4, -0.2) is 35.0 Å². The number of halogens is 1. The Bertz CT molecular complexity index is 1550. The van der Waals surface area contributed by atoms with Crippen LogP contribution in [0, 0.1) is 33.5 Å². The first kappa shape index (κ1) is 22.9. The third-order valence-electron chi connectivity index (χ3n) is 6.13. The van der Waals surface area contributed by atoms with E-state index >= 15 is 0 Å². The molecule has 8 nitrogen and oxygen atoms in total. The van der Waals surface area contributed by atoms with Crippen molar-refractivity contribution in [3.8, 4) is 16.9 Å². The first-order chi connectivity index (χ1) is 16.8. The molecule has 35 heavy (non-hydrogen) atoms. The lowest BCUT2D eigenvalue weighted by molar-refractivity contribution is -0.116. The highest BCUT2D eigenvalue weighted by Gasteiger charge is 2.17. The number of amides is 1. The van der Waals surface area contributed by atoms with E-state index in [2.05, 4.69) is 36.0 Å². The van der Waals surface area contributed by atoms with Crippen LogP contribution in [0.4, 0.5) is 9.52 Å². The van der Waals surface area contributed by atoms with E-state index in [9.17, 15) is 9.18 Å². The first-order valence-corrected chi connectivity index (χ1v) is 12.1. The van der Waals surface area contributed by atoms with Gasteiger partial charge < -0.3 is 9.88 Å². The summed E-state index contributed by atoms with van der Waals surface area (Å²) in [6.45, 7) is 7.89.